The maximum Gasteiger partial charge on any atom is 0.344 e. The summed E-state index contributed by atoms with van der Waals surface area (Å²) < 4.78 is 4.98. The summed E-state index contributed by atoms with van der Waals surface area (Å²) in [7, 11) is 0. The standard InChI is InChI=1S/C19H23N3O5/c1-12-6-7-14(10-13(12)2)16(24)27-11-15(23)21-22-17(25)19(20-18(22)26)8-4-3-5-9-19/h6-7,10H,3-5,8-9,11H2,1-2H3,(H,20,26)(H,21,23). The van der Waals surface area contributed by atoms with Gasteiger partial charge in [-0.3, -0.25) is 15.0 Å². The van der Waals surface area contributed by atoms with Gasteiger partial charge in [-0.15, -0.1) is 0 Å². The molecule has 1 aliphatic carbocycles. The molecule has 1 heterocycles. The van der Waals surface area contributed by atoms with E-state index in [1.165, 1.54) is 0 Å². The monoisotopic (exact) mass is 373 g/mol. The average molecular weight is 373 g/mol. The summed E-state index contributed by atoms with van der Waals surface area (Å²) >= 11 is 0. The van der Waals surface area contributed by atoms with E-state index in [1.54, 1.807) is 18.2 Å². The Hall–Kier alpha value is -2.90. The van der Waals surface area contributed by atoms with E-state index in [9.17, 15) is 19.2 Å². The molecular weight excluding hydrogens is 350 g/mol. The second kappa shape index (κ2) is 7.38. The van der Waals surface area contributed by atoms with E-state index in [0.29, 0.717) is 23.4 Å². The highest BCUT2D eigenvalue weighted by Crippen LogP contribution is 2.32. The zero-order chi connectivity index (χ0) is 19.6. The van der Waals surface area contributed by atoms with Gasteiger partial charge in [0.15, 0.2) is 6.61 Å². The van der Waals surface area contributed by atoms with Gasteiger partial charge in [0.1, 0.15) is 5.54 Å². The summed E-state index contributed by atoms with van der Waals surface area (Å²) in [6.45, 7) is 3.21. The molecule has 144 valence electrons. The van der Waals surface area contributed by atoms with E-state index in [2.05, 4.69) is 10.7 Å². The Labute approximate surface area is 157 Å². The van der Waals surface area contributed by atoms with Crippen LogP contribution < -0.4 is 10.7 Å². The van der Waals surface area contributed by atoms with E-state index in [0.717, 1.165) is 30.4 Å². The SMILES string of the molecule is Cc1ccc(C(=O)OCC(=O)NN2C(=O)NC3(CCCCC3)C2=O)cc1C. The number of aryl methyl sites for hydroxylation is 2. The molecule has 1 saturated heterocycles. The van der Waals surface area contributed by atoms with Crippen molar-refractivity contribution in [2.45, 2.75) is 51.5 Å². The number of urea groups is 1. The number of carbonyl (C=O) groups is 4. The number of ether oxygens (including phenoxy) is 1. The Morgan fingerprint density at radius 1 is 1.15 bits per heavy atom. The highest BCUT2D eigenvalue weighted by Gasteiger charge is 2.52. The summed E-state index contributed by atoms with van der Waals surface area (Å²) in [6.07, 6.45) is 3.84. The van der Waals surface area contributed by atoms with Crippen molar-refractivity contribution in [2.24, 2.45) is 0 Å². The van der Waals surface area contributed by atoms with Gasteiger partial charge in [0.2, 0.25) is 0 Å². The molecule has 2 N–H and O–H groups in total. The Bertz CT molecular complexity index is 799. The lowest BCUT2D eigenvalue weighted by atomic mass is 9.82. The summed E-state index contributed by atoms with van der Waals surface area (Å²) in [5.41, 5.74) is 3.63. The van der Waals surface area contributed by atoms with Crippen molar-refractivity contribution >= 4 is 23.8 Å². The third-order valence-electron chi connectivity index (χ3n) is 5.18. The average Bonchev–Trinajstić information content (AvgIpc) is 2.86. The van der Waals surface area contributed by atoms with Crippen LogP contribution in [0, 0.1) is 13.8 Å². The van der Waals surface area contributed by atoms with Crippen LogP contribution in [0.15, 0.2) is 18.2 Å². The first-order valence-electron chi connectivity index (χ1n) is 9.03. The lowest BCUT2D eigenvalue weighted by Crippen LogP contribution is -2.51. The van der Waals surface area contributed by atoms with Gasteiger partial charge in [0.25, 0.3) is 11.8 Å². The molecule has 4 amide bonds. The fourth-order valence-corrected chi connectivity index (χ4v) is 3.46. The first kappa shape index (κ1) is 18.9. The molecule has 1 aromatic rings. The minimum Gasteiger partial charge on any atom is -0.452 e. The Kier molecular flexibility index (Phi) is 5.16. The van der Waals surface area contributed by atoms with Crippen LogP contribution in [-0.4, -0.2) is 41.0 Å². The zero-order valence-electron chi connectivity index (χ0n) is 15.5. The molecule has 0 unspecified atom stereocenters. The highest BCUT2D eigenvalue weighted by atomic mass is 16.5. The molecule has 8 heteroatoms. The molecule has 1 aliphatic heterocycles. The van der Waals surface area contributed by atoms with E-state index < -0.39 is 36.0 Å². The van der Waals surface area contributed by atoms with E-state index >= 15 is 0 Å². The number of hydrogen-bond donors (Lipinski definition) is 2. The second-order valence-corrected chi connectivity index (χ2v) is 7.12. The van der Waals surface area contributed by atoms with Crippen LogP contribution in [0.1, 0.15) is 53.6 Å². The van der Waals surface area contributed by atoms with Gasteiger partial charge in [-0.05, 0) is 49.9 Å². The summed E-state index contributed by atoms with van der Waals surface area (Å²) in [4.78, 5) is 48.8. The molecule has 0 radical (unpaired) electrons. The molecule has 1 aromatic carbocycles. The number of nitrogens with zero attached hydrogens (tertiary/aromatic N) is 1. The number of imide groups is 1. The number of rotatable bonds is 4. The van der Waals surface area contributed by atoms with Crippen molar-refractivity contribution in [3.63, 3.8) is 0 Å². The molecule has 27 heavy (non-hydrogen) atoms. The molecule has 0 aromatic heterocycles. The lowest BCUT2D eigenvalue weighted by Gasteiger charge is -2.30. The molecule has 1 spiro atoms. The van der Waals surface area contributed by atoms with Crippen LogP contribution >= 0.6 is 0 Å². The van der Waals surface area contributed by atoms with E-state index in [1.807, 2.05) is 13.8 Å². The van der Waals surface area contributed by atoms with Crippen molar-refractivity contribution in [2.75, 3.05) is 6.61 Å². The van der Waals surface area contributed by atoms with E-state index in [4.69, 9.17) is 4.74 Å². The summed E-state index contributed by atoms with van der Waals surface area (Å²) in [6, 6.07) is 4.44. The maximum absolute atomic E-state index is 12.6. The predicted octanol–water partition coefficient (Wildman–Crippen LogP) is 1.75. The van der Waals surface area contributed by atoms with Crippen molar-refractivity contribution in [1.82, 2.24) is 15.8 Å². The van der Waals surface area contributed by atoms with Crippen LogP contribution in [0.2, 0.25) is 0 Å². The number of esters is 1. The number of hydrazine groups is 1. The normalized spacial score (nSPS) is 18.4. The smallest absolute Gasteiger partial charge is 0.344 e. The summed E-state index contributed by atoms with van der Waals surface area (Å²) in [5, 5.41) is 3.38. The topological polar surface area (TPSA) is 105 Å². The van der Waals surface area contributed by atoms with Crippen LogP contribution in [0.25, 0.3) is 0 Å². The van der Waals surface area contributed by atoms with Gasteiger partial charge in [0.05, 0.1) is 5.56 Å². The Balaban J connectivity index is 1.56. The van der Waals surface area contributed by atoms with Crippen LogP contribution in [0.5, 0.6) is 0 Å². The van der Waals surface area contributed by atoms with Crippen LogP contribution in [0.3, 0.4) is 0 Å². The quantitative estimate of drug-likeness (QED) is 0.618. The number of hydrogen-bond acceptors (Lipinski definition) is 5. The first-order valence-corrected chi connectivity index (χ1v) is 9.03. The molecule has 2 fully saturated rings. The van der Waals surface area contributed by atoms with Gasteiger partial charge in [-0.2, -0.15) is 5.01 Å². The highest BCUT2D eigenvalue weighted by molar-refractivity contribution is 6.08. The van der Waals surface area contributed by atoms with Crippen LogP contribution in [0.4, 0.5) is 4.79 Å². The van der Waals surface area contributed by atoms with Gasteiger partial charge in [0, 0.05) is 0 Å². The minimum atomic E-state index is -0.918. The maximum atomic E-state index is 12.6. The molecule has 1 saturated carbocycles. The number of amides is 4. The fourth-order valence-electron chi connectivity index (χ4n) is 3.46. The fraction of sp³-hybridized carbons (Fsp3) is 0.474. The number of benzene rings is 1. The van der Waals surface area contributed by atoms with Crippen molar-refractivity contribution in [3.8, 4) is 0 Å². The van der Waals surface area contributed by atoms with Gasteiger partial charge in [-0.1, -0.05) is 25.3 Å². The molecule has 8 nitrogen and oxygen atoms in total. The van der Waals surface area contributed by atoms with Gasteiger partial charge >= 0.3 is 12.0 Å². The minimum absolute atomic E-state index is 0.335. The molecule has 2 aliphatic rings. The Morgan fingerprint density at radius 3 is 2.52 bits per heavy atom. The first-order chi connectivity index (χ1) is 12.8. The Morgan fingerprint density at radius 2 is 1.85 bits per heavy atom. The van der Waals surface area contributed by atoms with Gasteiger partial charge < -0.3 is 10.1 Å². The largest absolute Gasteiger partial charge is 0.452 e. The van der Waals surface area contributed by atoms with Crippen LogP contribution in [-0.2, 0) is 14.3 Å². The number of carbonyl (C=O) groups excluding carboxylic acids is 4. The van der Waals surface area contributed by atoms with Crippen molar-refractivity contribution < 1.29 is 23.9 Å². The number of nitrogens with one attached hydrogen (secondary N) is 2. The lowest BCUT2D eigenvalue weighted by molar-refractivity contribution is -0.140. The third-order valence-corrected chi connectivity index (χ3v) is 5.18. The predicted molar refractivity (Wildman–Crippen MR) is 95.5 cm³/mol. The third kappa shape index (κ3) is 3.79. The van der Waals surface area contributed by atoms with Crippen molar-refractivity contribution in [3.05, 3.63) is 34.9 Å². The van der Waals surface area contributed by atoms with E-state index in [-0.39, 0.29) is 0 Å². The molecule has 3 rings (SSSR count). The molecule has 0 atom stereocenters. The molecular formula is C19H23N3O5. The second-order valence-electron chi connectivity index (χ2n) is 7.12. The zero-order valence-corrected chi connectivity index (χ0v) is 15.5. The molecule has 0 bridgehead atoms. The van der Waals surface area contributed by atoms with Crippen molar-refractivity contribution in [1.29, 1.82) is 0 Å². The summed E-state index contributed by atoms with van der Waals surface area (Å²) in [5.74, 6) is -1.85. The van der Waals surface area contributed by atoms with Gasteiger partial charge in [-0.25, -0.2) is 9.59 Å².